The monoisotopic (exact) mass is 428 g/mol. The number of fused-ring (bicyclic) bond motifs is 1. The molecule has 0 saturated carbocycles. The van der Waals surface area contributed by atoms with Crippen molar-refractivity contribution in [1.29, 1.82) is 0 Å². The summed E-state index contributed by atoms with van der Waals surface area (Å²) in [6, 6.07) is 8.15. The van der Waals surface area contributed by atoms with Gasteiger partial charge in [0.2, 0.25) is 0 Å². The van der Waals surface area contributed by atoms with Crippen molar-refractivity contribution in [2.75, 3.05) is 13.2 Å². The quantitative estimate of drug-likeness (QED) is 0.308. The standard InChI is InChI=1S/C22H28N4O3S/c1-3-4-11-29-21(27)15(2)30-22-25-24-20(26(22)14-16-8-7-12-28-16)18-13-23-19-10-6-5-9-17(18)19/h5-6,9-10,13,15-16,23H,3-4,7-8,11-12,14H2,1-2H3. The zero-order chi connectivity index (χ0) is 20.9. The molecule has 4 rings (SSSR count). The van der Waals surface area contributed by atoms with Crippen LogP contribution >= 0.6 is 11.8 Å². The molecule has 2 atom stereocenters. The Morgan fingerprint density at radius 1 is 1.40 bits per heavy atom. The van der Waals surface area contributed by atoms with Gasteiger partial charge in [-0.05, 0) is 32.3 Å². The molecule has 3 aromatic rings. The molecule has 0 amide bonds. The highest BCUT2D eigenvalue weighted by Gasteiger charge is 2.26. The van der Waals surface area contributed by atoms with Gasteiger partial charge in [-0.3, -0.25) is 9.36 Å². The molecular weight excluding hydrogens is 400 g/mol. The van der Waals surface area contributed by atoms with Crippen LogP contribution < -0.4 is 0 Å². The highest BCUT2D eigenvalue weighted by atomic mass is 32.2. The van der Waals surface area contributed by atoms with Crippen molar-refractivity contribution in [3.8, 4) is 11.4 Å². The number of rotatable bonds is 9. The first-order valence-corrected chi connectivity index (χ1v) is 11.5. The molecule has 30 heavy (non-hydrogen) atoms. The van der Waals surface area contributed by atoms with E-state index < -0.39 is 0 Å². The zero-order valence-corrected chi connectivity index (χ0v) is 18.3. The molecule has 1 N–H and O–H groups in total. The van der Waals surface area contributed by atoms with Crippen LogP contribution in [-0.2, 0) is 20.8 Å². The number of nitrogens with zero attached hydrogens (tertiary/aromatic N) is 3. The molecule has 1 aliphatic rings. The largest absolute Gasteiger partial charge is 0.465 e. The highest BCUT2D eigenvalue weighted by Crippen LogP contribution is 2.32. The lowest BCUT2D eigenvalue weighted by atomic mass is 10.1. The summed E-state index contributed by atoms with van der Waals surface area (Å²) >= 11 is 1.39. The first-order valence-electron chi connectivity index (χ1n) is 10.6. The average Bonchev–Trinajstić information content (AvgIpc) is 3.49. The summed E-state index contributed by atoms with van der Waals surface area (Å²) in [4.78, 5) is 15.7. The Bertz CT molecular complexity index is 993. The van der Waals surface area contributed by atoms with Crippen LogP contribution in [0, 0.1) is 0 Å². The molecule has 3 heterocycles. The highest BCUT2D eigenvalue weighted by molar-refractivity contribution is 8.00. The molecule has 8 heteroatoms. The van der Waals surface area contributed by atoms with Crippen molar-refractivity contribution in [2.45, 2.75) is 62.6 Å². The first kappa shape index (κ1) is 20.9. The van der Waals surface area contributed by atoms with E-state index in [9.17, 15) is 4.79 Å². The van der Waals surface area contributed by atoms with E-state index in [0.29, 0.717) is 18.3 Å². The second kappa shape index (κ2) is 9.66. The Labute approximate surface area is 180 Å². The lowest BCUT2D eigenvalue weighted by Gasteiger charge is -2.16. The van der Waals surface area contributed by atoms with Gasteiger partial charge in [-0.25, -0.2) is 0 Å². The Hall–Kier alpha value is -2.32. The van der Waals surface area contributed by atoms with Gasteiger partial charge in [-0.1, -0.05) is 43.3 Å². The Kier molecular flexibility index (Phi) is 6.74. The van der Waals surface area contributed by atoms with Gasteiger partial charge in [0.25, 0.3) is 0 Å². The van der Waals surface area contributed by atoms with Gasteiger partial charge in [0, 0.05) is 29.3 Å². The number of hydrogen-bond donors (Lipinski definition) is 1. The molecule has 0 radical (unpaired) electrons. The van der Waals surface area contributed by atoms with Crippen LogP contribution in [0.5, 0.6) is 0 Å². The van der Waals surface area contributed by atoms with Crippen molar-refractivity contribution in [1.82, 2.24) is 19.7 Å². The summed E-state index contributed by atoms with van der Waals surface area (Å²) < 4.78 is 13.3. The summed E-state index contributed by atoms with van der Waals surface area (Å²) in [6.45, 7) is 5.85. The fourth-order valence-electron chi connectivity index (χ4n) is 3.63. The van der Waals surface area contributed by atoms with Gasteiger partial charge in [0.15, 0.2) is 11.0 Å². The predicted molar refractivity (Wildman–Crippen MR) is 117 cm³/mol. The van der Waals surface area contributed by atoms with E-state index in [2.05, 4.69) is 32.7 Å². The normalized spacial score (nSPS) is 17.5. The maximum atomic E-state index is 12.4. The maximum absolute atomic E-state index is 12.4. The van der Waals surface area contributed by atoms with Gasteiger partial charge >= 0.3 is 5.97 Å². The van der Waals surface area contributed by atoms with E-state index in [1.807, 2.05) is 31.3 Å². The fourth-order valence-corrected chi connectivity index (χ4v) is 4.49. The minimum Gasteiger partial charge on any atom is -0.465 e. The van der Waals surface area contributed by atoms with E-state index >= 15 is 0 Å². The number of unbranched alkanes of at least 4 members (excludes halogenated alkanes) is 1. The third kappa shape index (κ3) is 4.54. The van der Waals surface area contributed by atoms with Crippen LogP contribution in [0.25, 0.3) is 22.3 Å². The molecule has 160 valence electrons. The number of aromatic amines is 1. The molecule has 1 aliphatic heterocycles. The van der Waals surface area contributed by atoms with E-state index in [1.165, 1.54) is 11.8 Å². The van der Waals surface area contributed by atoms with Crippen LogP contribution in [-0.4, -0.2) is 50.3 Å². The molecular formula is C22H28N4O3S. The van der Waals surface area contributed by atoms with E-state index in [1.54, 1.807) is 0 Å². The second-order valence-electron chi connectivity index (χ2n) is 7.58. The summed E-state index contributed by atoms with van der Waals surface area (Å²) in [6.07, 6.45) is 6.07. The summed E-state index contributed by atoms with van der Waals surface area (Å²) in [7, 11) is 0. The molecule has 1 fully saturated rings. The Morgan fingerprint density at radius 3 is 3.07 bits per heavy atom. The van der Waals surface area contributed by atoms with E-state index in [-0.39, 0.29) is 17.3 Å². The Balaban J connectivity index is 1.61. The summed E-state index contributed by atoms with van der Waals surface area (Å²) in [5.41, 5.74) is 2.06. The van der Waals surface area contributed by atoms with Crippen LogP contribution in [0.3, 0.4) is 0 Å². The number of esters is 1. The maximum Gasteiger partial charge on any atom is 0.319 e. The molecule has 2 aromatic heterocycles. The average molecular weight is 429 g/mol. The number of hydrogen-bond acceptors (Lipinski definition) is 6. The molecule has 2 unspecified atom stereocenters. The van der Waals surface area contributed by atoms with Crippen LogP contribution in [0.15, 0.2) is 35.6 Å². The van der Waals surface area contributed by atoms with Crippen LogP contribution in [0.4, 0.5) is 0 Å². The molecule has 1 aromatic carbocycles. The minimum atomic E-state index is -0.356. The van der Waals surface area contributed by atoms with Crippen molar-refractivity contribution in [2.24, 2.45) is 0 Å². The van der Waals surface area contributed by atoms with Crippen molar-refractivity contribution < 1.29 is 14.3 Å². The van der Waals surface area contributed by atoms with Crippen molar-refractivity contribution in [3.63, 3.8) is 0 Å². The third-order valence-electron chi connectivity index (χ3n) is 5.31. The van der Waals surface area contributed by atoms with Crippen LogP contribution in [0.2, 0.25) is 0 Å². The second-order valence-corrected chi connectivity index (χ2v) is 8.89. The lowest BCUT2D eigenvalue weighted by Crippen LogP contribution is -2.20. The number of nitrogens with one attached hydrogen (secondary N) is 1. The van der Waals surface area contributed by atoms with Gasteiger partial charge in [-0.2, -0.15) is 0 Å². The number of para-hydroxylation sites is 1. The summed E-state index contributed by atoms with van der Waals surface area (Å²) in [5.74, 6) is 0.575. The Morgan fingerprint density at radius 2 is 2.27 bits per heavy atom. The number of aromatic nitrogens is 4. The number of thioether (sulfide) groups is 1. The molecule has 1 saturated heterocycles. The van der Waals surface area contributed by atoms with Crippen molar-refractivity contribution in [3.05, 3.63) is 30.5 Å². The number of carbonyl (C=O) groups is 1. The van der Waals surface area contributed by atoms with Gasteiger partial charge in [0.1, 0.15) is 5.25 Å². The third-order valence-corrected chi connectivity index (χ3v) is 6.37. The van der Waals surface area contributed by atoms with Gasteiger partial charge in [-0.15, -0.1) is 10.2 Å². The van der Waals surface area contributed by atoms with Gasteiger partial charge in [0.05, 0.1) is 19.3 Å². The van der Waals surface area contributed by atoms with E-state index in [0.717, 1.165) is 54.6 Å². The molecule has 0 aliphatic carbocycles. The zero-order valence-electron chi connectivity index (χ0n) is 17.5. The molecule has 7 nitrogen and oxygen atoms in total. The van der Waals surface area contributed by atoms with Crippen LogP contribution in [0.1, 0.15) is 39.5 Å². The molecule has 0 bridgehead atoms. The predicted octanol–water partition coefficient (Wildman–Crippen LogP) is 4.43. The number of H-pyrrole nitrogens is 1. The fraction of sp³-hybridized carbons (Fsp3) is 0.500. The van der Waals surface area contributed by atoms with E-state index in [4.69, 9.17) is 9.47 Å². The number of carbonyl (C=O) groups excluding carboxylic acids is 1. The van der Waals surface area contributed by atoms with Gasteiger partial charge < -0.3 is 14.5 Å². The topological polar surface area (TPSA) is 82.0 Å². The smallest absolute Gasteiger partial charge is 0.319 e. The SMILES string of the molecule is CCCCOC(=O)C(C)Sc1nnc(-c2c[nH]c3ccccc23)n1CC1CCCO1. The first-order chi connectivity index (χ1) is 14.7. The van der Waals surface area contributed by atoms with Crippen molar-refractivity contribution >= 4 is 28.6 Å². The number of benzene rings is 1. The number of ether oxygens (including phenoxy) is 2. The summed E-state index contributed by atoms with van der Waals surface area (Å²) in [5, 5.41) is 10.4. The molecule has 0 spiro atoms. The lowest BCUT2D eigenvalue weighted by molar-refractivity contribution is -0.142. The minimum absolute atomic E-state index is 0.135.